The highest BCUT2D eigenvalue weighted by Crippen LogP contribution is 2.54. The molecule has 0 aliphatic heterocycles. The lowest BCUT2D eigenvalue weighted by atomic mass is 10.1. The van der Waals surface area contributed by atoms with Crippen molar-refractivity contribution >= 4 is 8.45 Å². The summed E-state index contributed by atoms with van der Waals surface area (Å²) in [5.41, 5.74) is 1.07. The van der Waals surface area contributed by atoms with Gasteiger partial charge in [0, 0.05) is 24.2 Å². The Kier molecular flexibility index (Phi) is 9.75. The summed E-state index contributed by atoms with van der Waals surface area (Å²) in [6, 6.07) is 13.9. The number of hydrogen-bond acceptors (Lipinski definition) is 4. The molecule has 0 unspecified atom stereocenters. The fourth-order valence-corrected chi connectivity index (χ4v) is 5.75. The molecule has 146 valence electrons. The average molecular weight is 378 g/mol. The molecular formula is C21H36N3OP. The molecule has 0 N–H and O–H groups in total. The van der Waals surface area contributed by atoms with Gasteiger partial charge in [-0.25, -0.2) is 9.34 Å². The minimum atomic E-state index is -1.00. The highest BCUT2D eigenvalue weighted by molar-refractivity contribution is 7.47. The predicted octanol–water partition coefficient (Wildman–Crippen LogP) is 6.12. The van der Waals surface area contributed by atoms with Crippen LogP contribution < -0.4 is 0 Å². The van der Waals surface area contributed by atoms with E-state index in [4.69, 9.17) is 4.52 Å². The van der Waals surface area contributed by atoms with E-state index in [9.17, 15) is 5.26 Å². The Hall–Kier alpha value is -0.980. The maximum absolute atomic E-state index is 9.37. The maximum atomic E-state index is 9.37. The normalized spacial score (nSPS) is 13.6. The Morgan fingerprint density at radius 3 is 1.62 bits per heavy atom. The van der Waals surface area contributed by atoms with Crippen LogP contribution in [0.3, 0.4) is 0 Å². The first-order valence-electron chi connectivity index (χ1n) is 9.65. The van der Waals surface area contributed by atoms with Crippen molar-refractivity contribution in [3.8, 4) is 6.07 Å². The van der Waals surface area contributed by atoms with Crippen LogP contribution in [0.5, 0.6) is 0 Å². The lowest BCUT2D eigenvalue weighted by molar-refractivity contribution is 0.145. The molecule has 0 fully saturated rings. The number of nitriles is 1. The second-order valence-electron chi connectivity index (χ2n) is 7.75. The van der Waals surface area contributed by atoms with E-state index in [0.717, 1.165) is 5.56 Å². The van der Waals surface area contributed by atoms with Gasteiger partial charge in [0.1, 0.15) is 6.10 Å². The van der Waals surface area contributed by atoms with Crippen LogP contribution in [0.2, 0.25) is 0 Å². The van der Waals surface area contributed by atoms with Crippen molar-refractivity contribution in [2.75, 3.05) is 0 Å². The quantitative estimate of drug-likeness (QED) is 0.460. The van der Waals surface area contributed by atoms with Crippen LogP contribution in [0.1, 0.15) is 73.5 Å². The summed E-state index contributed by atoms with van der Waals surface area (Å²) in [6.07, 6.45) is 0.143. The van der Waals surface area contributed by atoms with Gasteiger partial charge in [-0.15, -0.1) is 0 Å². The summed E-state index contributed by atoms with van der Waals surface area (Å²) < 4.78 is 11.7. The molecule has 0 heterocycles. The summed E-state index contributed by atoms with van der Waals surface area (Å²) in [4.78, 5) is 0. The molecule has 0 radical (unpaired) electrons. The van der Waals surface area contributed by atoms with E-state index in [-0.39, 0.29) is 6.10 Å². The summed E-state index contributed by atoms with van der Waals surface area (Å²) in [5, 5.41) is 9.37. The zero-order valence-corrected chi connectivity index (χ0v) is 18.6. The van der Waals surface area contributed by atoms with Crippen LogP contribution in [0.4, 0.5) is 0 Å². The van der Waals surface area contributed by atoms with Crippen LogP contribution >= 0.6 is 8.45 Å². The van der Waals surface area contributed by atoms with Crippen molar-refractivity contribution in [1.82, 2.24) is 9.34 Å². The molecule has 0 saturated heterocycles. The monoisotopic (exact) mass is 377 g/mol. The van der Waals surface area contributed by atoms with Gasteiger partial charge in [-0.05, 0) is 61.0 Å². The summed E-state index contributed by atoms with van der Waals surface area (Å²) in [6.45, 7) is 17.8. The van der Waals surface area contributed by atoms with Crippen LogP contribution in [-0.4, -0.2) is 33.5 Å². The zero-order chi connectivity index (χ0) is 19.9. The second kappa shape index (κ2) is 11.0. The van der Waals surface area contributed by atoms with E-state index in [1.165, 1.54) is 0 Å². The Morgan fingerprint density at radius 1 is 0.846 bits per heavy atom. The molecule has 0 amide bonds. The smallest absolute Gasteiger partial charge is 0.189 e. The molecule has 26 heavy (non-hydrogen) atoms. The zero-order valence-electron chi connectivity index (χ0n) is 17.7. The molecule has 1 aromatic rings. The van der Waals surface area contributed by atoms with E-state index >= 15 is 0 Å². The van der Waals surface area contributed by atoms with Crippen LogP contribution in [0, 0.1) is 11.3 Å². The summed E-state index contributed by atoms with van der Waals surface area (Å²) in [5.74, 6) is 0. The van der Waals surface area contributed by atoms with Crippen molar-refractivity contribution < 1.29 is 4.52 Å². The molecule has 0 spiro atoms. The van der Waals surface area contributed by atoms with E-state index in [0.29, 0.717) is 30.6 Å². The van der Waals surface area contributed by atoms with Gasteiger partial charge in [0.2, 0.25) is 0 Å². The maximum Gasteiger partial charge on any atom is 0.189 e. The van der Waals surface area contributed by atoms with Crippen LogP contribution in [-0.2, 0) is 4.52 Å². The number of nitrogens with zero attached hydrogens (tertiary/aromatic N) is 3. The molecule has 0 bridgehead atoms. The Bertz CT molecular complexity index is 518. The Labute approximate surface area is 162 Å². The summed E-state index contributed by atoms with van der Waals surface area (Å²) in [7, 11) is -1.00. The van der Waals surface area contributed by atoms with E-state index in [1.807, 2.05) is 18.2 Å². The molecule has 5 heteroatoms. The average Bonchev–Trinajstić information content (AvgIpc) is 2.53. The van der Waals surface area contributed by atoms with Crippen molar-refractivity contribution in [2.24, 2.45) is 0 Å². The first kappa shape index (κ1) is 23.1. The SMILES string of the molecule is CC(C)N(C(C)C)P(O[C@H](CC#N)c1ccccc1)N(C(C)C)C(C)C. The number of hydrogen-bond donors (Lipinski definition) is 0. The standard InChI is InChI=1S/C21H36N3OP/c1-16(2)23(17(3)4)26(24(18(5)6)19(7)8)25-21(14-15-22)20-12-10-9-11-13-20/h9-13,16-19,21H,14H2,1-8H3/t21-/m1/s1. The highest BCUT2D eigenvalue weighted by Gasteiger charge is 2.36. The van der Waals surface area contributed by atoms with Crippen LogP contribution in [0.15, 0.2) is 30.3 Å². The second-order valence-corrected chi connectivity index (χ2v) is 9.39. The van der Waals surface area contributed by atoms with Gasteiger partial charge in [-0.3, -0.25) is 0 Å². The van der Waals surface area contributed by atoms with Crippen molar-refractivity contribution in [2.45, 2.75) is 92.1 Å². The van der Waals surface area contributed by atoms with E-state index in [2.05, 4.69) is 82.9 Å². The molecule has 1 rings (SSSR count). The Balaban J connectivity index is 3.31. The van der Waals surface area contributed by atoms with E-state index < -0.39 is 8.45 Å². The topological polar surface area (TPSA) is 39.5 Å². The van der Waals surface area contributed by atoms with Gasteiger partial charge in [0.25, 0.3) is 0 Å². The third kappa shape index (κ3) is 6.32. The number of rotatable bonds is 10. The lowest BCUT2D eigenvalue weighted by Gasteiger charge is -2.46. The third-order valence-electron chi connectivity index (χ3n) is 4.18. The van der Waals surface area contributed by atoms with Gasteiger partial charge in [0.05, 0.1) is 12.5 Å². The lowest BCUT2D eigenvalue weighted by Crippen LogP contribution is -2.43. The first-order chi connectivity index (χ1) is 12.2. The van der Waals surface area contributed by atoms with Gasteiger partial charge >= 0.3 is 0 Å². The molecule has 0 aliphatic rings. The molecular weight excluding hydrogens is 341 g/mol. The van der Waals surface area contributed by atoms with Crippen LogP contribution in [0.25, 0.3) is 0 Å². The van der Waals surface area contributed by atoms with Crippen molar-refractivity contribution in [3.05, 3.63) is 35.9 Å². The molecule has 4 nitrogen and oxygen atoms in total. The van der Waals surface area contributed by atoms with Gasteiger partial charge in [-0.2, -0.15) is 5.26 Å². The van der Waals surface area contributed by atoms with E-state index in [1.54, 1.807) is 0 Å². The van der Waals surface area contributed by atoms with Crippen molar-refractivity contribution in [1.29, 1.82) is 5.26 Å². The molecule has 1 atom stereocenters. The van der Waals surface area contributed by atoms with Gasteiger partial charge in [0.15, 0.2) is 8.45 Å². The largest absolute Gasteiger partial charge is 0.322 e. The minimum Gasteiger partial charge on any atom is -0.322 e. The molecule has 1 aromatic carbocycles. The molecule has 0 saturated carbocycles. The fourth-order valence-electron chi connectivity index (χ4n) is 3.29. The Morgan fingerprint density at radius 2 is 1.27 bits per heavy atom. The third-order valence-corrected chi connectivity index (χ3v) is 7.26. The molecule has 0 aromatic heterocycles. The van der Waals surface area contributed by atoms with Gasteiger partial charge in [-0.1, -0.05) is 30.3 Å². The summed E-state index contributed by atoms with van der Waals surface area (Å²) >= 11 is 0. The first-order valence-corrected chi connectivity index (χ1v) is 10.8. The minimum absolute atomic E-state index is 0.215. The van der Waals surface area contributed by atoms with Gasteiger partial charge < -0.3 is 4.52 Å². The van der Waals surface area contributed by atoms with Crippen molar-refractivity contribution in [3.63, 3.8) is 0 Å². The predicted molar refractivity (Wildman–Crippen MR) is 112 cm³/mol. The highest BCUT2D eigenvalue weighted by atomic mass is 31.2. The fraction of sp³-hybridized carbons (Fsp3) is 0.667. The number of benzene rings is 1. The molecule has 0 aliphatic carbocycles.